The number of carboxylic acid groups (broad SMARTS) is 1. The molecule has 0 aromatic heterocycles. The Kier molecular flexibility index (Phi) is 33.5. The third-order valence-corrected chi connectivity index (χ3v) is 8.51. The summed E-state index contributed by atoms with van der Waals surface area (Å²) < 4.78 is 33.1. The summed E-state index contributed by atoms with van der Waals surface area (Å²) in [5.41, 5.74) is 5.33. The lowest BCUT2D eigenvalue weighted by atomic mass is 10.1. The fraction of sp³-hybridized carbons (Fsp3) is 0.692. The van der Waals surface area contributed by atoms with Gasteiger partial charge in [0, 0.05) is 13.0 Å². The van der Waals surface area contributed by atoms with Crippen molar-refractivity contribution in [2.45, 2.75) is 148 Å². The maximum atomic E-state index is 12.5. The maximum absolute atomic E-state index is 12.5. The molecule has 4 N–H and O–H groups in total. The van der Waals surface area contributed by atoms with Gasteiger partial charge in [-0.3, -0.25) is 18.6 Å². The number of carboxylic acids is 1. The number of carbonyl (C=O) groups is 2. The first-order chi connectivity index (χ1) is 24.2. The fourth-order valence-corrected chi connectivity index (χ4v) is 5.41. The average Bonchev–Trinajstić information content (AvgIpc) is 3.09. The first kappa shape index (κ1) is 47.7. The van der Waals surface area contributed by atoms with Crippen LogP contribution in [-0.4, -0.2) is 60.5 Å². The van der Waals surface area contributed by atoms with Gasteiger partial charge < -0.3 is 25.2 Å². The summed E-state index contributed by atoms with van der Waals surface area (Å²) in [6.07, 6.45) is 40.0. The molecule has 3 atom stereocenters. The predicted molar refractivity (Wildman–Crippen MR) is 203 cm³/mol. The van der Waals surface area contributed by atoms with Gasteiger partial charge in [0.1, 0.15) is 12.1 Å². The Bertz CT molecular complexity index is 1030. The summed E-state index contributed by atoms with van der Waals surface area (Å²) in [6, 6.07) is -1.48. The van der Waals surface area contributed by atoms with Crippen molar-refractivity contribution in [3.63, 3.8) is 0 Å². The summed E-state index contributed by atoms with van der Waals surface area (Å²) in [5, 5.41) is 8.85. The van der Waals surface area contributed by atoms with Crippen LogP contribution in [0.3, 0.4) is 0 Å². The molecule has 288 valence electrons. The van der Waals surface area contributed by atoms with Gasteiger partial charge in [-0.15, -0.1) is 0 Å². The van der Waals surface area contributed by atoms with Crippen molar-refractivity contribution in [2.24, 2.45) is 5.73 Å². The van der Waals surface area contributed by atoms with Crippen LogP contribution in [0.25, 0.3) is 0 Å². The number of hydrogen-bond acceptors (Lipinski definition) is 8. The lowest BCUT2D eigenvalue weighted by Gasteiger charge is -2.20. The smallest absolute Gasteiger partial charge is 0.472 e. The van der Waals surface area contributed by atoms with E-state index < -0.39 is 45.1 Å². The molecule has 0 fully saturated rings. The van der Waals surface area contributed by atoms with Gasteiger partial charge >= 0.3 is 19.8 Å². The number of phosphoric ester groups is 1. The molecular weight excluding hydrogens is 657 g/mol. The molecule has 0 saturated carbocycles. The summed E-state index contributed by atoms with van der Waals surface area (Å²) in [7, 11) is -4.62. The second kappa shape index (κ2) is 35.1. The van der Waals surface area contributed by atoms with Crippen LogP contribution in [0.1, 0.15) is 136 Å². The Balaban J connectivity index is 4.38. The van der Waals surface area contributed by atoms with E-state index in [1.807, 2.05) is 0 Å². The zero-order valence-electron chi connectivity index (χ0n) is 31.0. The van der Waals surface area contributed by atoms with Crippen molar-refractivity contribution in [3.8, 4) is 0 Å². The van der Waals surface area contributed by atoms with Crippen LogP contribution < -0.4 is 5.73 Å². The van der Waals surface area contributed by atoms with Crippen LogP contribution in [0.2, 0.25) is 0 Å². The molecule has 0 saturated heterocycles. The zero-order chi connectivity index (χ0) is 37.0. The highest BCUT2D eigenvalue weighted by Gasteiger charge is 2.27. The highest BCUT2D eigenvalue weighted by Crippen LogP contribution is 2.43. The minimum atomic E-state index is -4.62. The van der Waals surface area contributed by atoms with E-state index >= 15 is 0 Å². The van der Waals surface area contributed by atoms with E-state index in [1.165, 1.54) is 38.5 Å². The van der Waals surface area contributed by atoms with E-state index in [-0.39, 0.29) is 13.0 Å². The standard InChI is InChI=1S/C39H68NO9P/c1-3-5-7-9-11-13-15-16-17-18-19-20-21-22-24-26-28-30-32-46-33-36(34-47-50(44,45)48-35-37(40)39(42)43)49-38(41)31-29-27-25-23-14-12-10-8-6-4-2/h5,7,11,13,16-17,19-20,22,24,36-37H,3-4,6,8-10,12,14-15,18,21,23,25-35,40H2,1-2H3,(H,42,43)(H,44,45)/b7-5-,13-11-,17-16-,20-19-,24-22-. The van der Waals surface area contributed by atoms with Gasteiger partial charge in [0.25, 0.3) is 0 Å². The fourth-order valence-electron chi connectivity index (χ4n) is 4.63. The number of ether oxygens (including phenoxy) is 2. The van der Waals surface area contributed by atoms with E-state index in [2.05, 4.69) is 79.1 Å². The van der Waals surface area contributed by atoms with E-state index in [9.17, 15) is 19.0 Å². The third kappa shape index (κ3) is 34.1. The van der Waals surface area contributed by atoms with Crippen LogP contribution in [0.4, 0.5) is 0 Å². The molecule has 0 aliphatic heterocycles. The molecule has 0 heterocycles. The SMILES string of the molecule is CC/C=C\C/C=C\C/C=C\C/C=C\C/C=C\CCCCOCC(COP(=O)(O)OCC(N)C(=O)O)OC(=O)CCCCCCCCCCCC. The quantitative estimate of drug-likeness (QED) is 0.0249. The minimum Gasteiger partial charge on any atom is -0.480 e. The highest BCUT2D eigenvalue weighted by atomic mass is 31.2. The Morgan fingerprint density at radius 1 is 0.660 bits per heavy atom. The number of rotatable bonds is 35. The number of phosphoric acid groups is 1. The second-order valence-corrected chi connectivity index (χ2v) is 13.8. The van der Waals surface area contributed by atoms with Crippen LogP contribution >= 0.6 is 7.82 Å². The van der Waals surface area contributed by atoms with Crippen LogP contribution in [-0.2, 0) is 32.7 Å². The second-order valence-electron chi connectivity index (χ2n) is 12.3. The number of allylic oxidation sites excluding steroid dienone is 10. The summed E-state index contributed by atoms with van der Waals surface area (Å²) >= 11 is 0. The molecule has 0 amide bonds. The lowest BCUT2D eigenvalue weighted by Crippen LogP contribution is -2.34. The van der Waals surface area contributed by atoms with Gasteiger partial charge in [0.15, 0.2) is 0 Å². The maximum Gasteiger partial charge on any atom is 0.472 e. The molecule has 3 unspecified atom stereocenters. The number of esters is 1. The molecule has 0 radical (unpaired) electrons. The molecule has 0 bridgehead atoms. The predicted octanol–water partition coefficient (Wildman–Crippen LogP) is 9.69. The molecule has 50 heavy (non-hydrogen) atoms. The molecule has 0 aliphatic carbocycles. The third-order valence-electron chi connectivity index (χ3n) is 7.56. The Morgan fingerprint density at radius 2 is 1.16 bits per heavy atom. The van der Waals surface area contributed by atoms with Crippen molar-refractivity contribution in [3.05, 3.63) is 60.8 Å². The normalized spacial score (nSPS) is 14.8. The van der Waals surface area contributed by atoms with Crippen molar-refractivity contribution in [1.82, 2.24) is 0 Å². The van der Waals surface area contributed by atoms with Gasteiger partial charge in [-0.25, -0.2) is 4.57 Å². The Morgan fingerprint density at radius 3 is 1.70 bits per heavy atom. The number of unbranched alkanes of at least 4 members (excludes halogenated alkanes) is 11. The lowest BCUT2D eigenvalue weighted by molar-refractivity contribution is -0.154. The summed E-state index contributed by atoms with van der Waals surface area (Å²) in [6.45, 7) is 3.61. The van der Waals surface area contributed by atoms with Gasteiger partial charge in [0.2, 0.25) is 0 Å². The van der Waals surface area contributed by atoms with Crippen molar-refractivity contribution in [1.29, 1.82) is 0 Å². The molecule has 0 rings (SSSR count). The highest BCUT2D eigenvalue weighted by molar-refractivity contribution is 7.47. The van der Waals surface area contributed by atoms with Gasteiger partial charge in [0.05, 0.1) is 19.8 Å². The molecule has 11 heteroatoms. The van der Waals surface area contributed by atoms with Crippen molar-refractivity contribution in [2.75, 3.05) is 26.4 Å². The van der Waals surface area contributed by atoms with Crippen LogP contribution in [0.15, 0.2) is 60.8 Å². The molecule has 10 nitrogen and oxygen atoms in total. The van der Waals surface area contributed by atoms with Gasteiger partial charge in [-0.1, -0.05) is 132 Å². The molecule has 0 aliphatic rings. The molecule has 0 aromatic carbocycles. The van der Waals surface area contributed by atoms with E-state index in [0.717, 1.165) is 70.6 Å². The number of nitrogens with two attached hydrogens (primary N) is 1. The monoisotopic (exact) mass is 725 g/mol. The number of carbonyl (C=O) groups excluding carboxylic acids is 1. The zero-order valence-corrected chi connectivity index (χ0v) is 31.9. The summed E-state index contributed by atoms with van der Waals surface area (Å²) in [5.74, 6) is -1.81. The van der Waals surface area contributed by atoms with Crippen LogP contribution in [0.5, 0.6) is 0 Å². The first-order valence-corrected chi connectivity index (χ1v) is 20.3. The minimum absolute atomic E-state index is 0.0138. The van der Waals surface area contributed by atoms with Gasteiger partial charge in [-0.2, -0.15) is 0 Å². The number of hydrogen-bond donors (Lipinski definition) is 3. The van der Waals surface area contributed by atoms with Crippen molar-refractivity contribution >= 4 is 19.8 Å². The average molecular weight is 726 g/mol. The van der Waals surface area contributed by atoms with E-state index in [0.29, 0.717) is 13.0 Å². The van der Waals surface area contributed by atoms with E-state index in [1.54, 1.807) is 0 Å². The first-order valence-electron chi connectivity index (χ1n) is 18.8. The summed E-state index contributed by atoms with van der Waals surface area (Å²) in [4.78, 5) is 33.3. The molecule has 0 aromatic rings. The van der Waals surface area contributed by atoms with Crippen LogP contribution in [0, 0.1) is 0 Å². The van der Waals surface area contributed by atoms with Crippen molar-refractivity contribution < 1.29 is 42.7 Å². The topological polar surface area (TPSA) is 155 Å². The number of aliphatic carboxylic acids is 1. The Hall–Kier alpha value is -2.33. The Labute approximate surface area is 302 Å². The molecular formula is C39H68NO9P. The van der Waals surface area contributed by atoms with E-state index in [4.69, 9.17) is 24.8 Å². The molecule has 0 spiro atoms. The largest absolute Gasteiger partial charge is 0.480 e. The van der Waals surface area contributed by atoms with Gasteiger partial charge in [-0.05, 0) is 57.8 Å².